The quantitative estimate of drug-likeness (QED) is 0.773. The average molecular weight is 286 g/mol. The molecule has 0 spiro atoms. The van der Waals surface area contributed by atoms with Gasteiger partial charge in [0.25, 0.3) is 0 Å². The molecule has 1 aromatic heterocycles. The molecule has 0 aliphatic rings. The third-order valence-corrected chi connectivity index (χ3v) is 3.84. The molecule has 0 N–H and O–H groups in total. The Bertz CT molecular complexity index is 544. The predicted octanol–water partition coefficient (Wildman–Crippen LogP) is 4.47. The van der Waals surface area contributed by atoms with E-state index in [0.717, 1.165) is 16.3 Å². The van der Waals surface area contributed by atoms with Crippen molar-refractivity contribution in [1.29, 1.82) is 0 Å². The minimum absolute atomic E-state index is 0.215. The van der Waals surface area contributed by atoms with Gasteiger partial charge in [0.05, 0.1) is 11.6 Å². The van der Waals surface area contributed by atoms with E-state index in [1.807, 2.05) is 19.2 Å². The van der Waals surface area contributed by atoms with Gasteiger partial charge in [-0.1, -0.05) is 6.07 Å². The highest BCUT2D eigenvalue weighted by Crippen LogP contribution is 2.27. The summed E-state index contributed by atoms with van der Waals surface area (Å²) in [5.74, 6) is 0.635. The van der Waals surface area contributed by atoms with Crippen molar-refractivity contribution in [2.24, 2.45) is 0 Å². The molecule has 0 fully saturated rings. The maximum atomic E-state index is 13.1. The molecule has 1 unspecified atom stereocenters. The summed E-state index contributed by atoms with van der Waals surface area (Å²) in [5.41, 5.74) is 1.74. The molecule has 1 heterocycles. The van der Waals surface area contributed by atoms with Crippen LogP contribution in [0.3, 0.4) is 0 Å². The first-order valence-electron chi connectivity index (χ1n) is 5.53. The van der Waals surface area contributed by atoms with Crippen LogP contribution in [0.25, 0.3) is 0 Å². The van der Waals surface area contributed by atoms with Crippen molar-refractivity contribution >= 4 is 22.9 Å². The van der Waals surface area contributed by atoms with E-state index in [4.69, 9.17) is 16.3 Å². The molecule has 5 heteroatoms. The highest BCUT2D eigenvalue weighted by molar-refractivity contribution is 7.09. The molecule has 0 saturated carbocycles. The fraction of sp³-hybridized carbons (Fsp3) is 0.308. The zero-order chi connectivity index (χ0) is 13.1. The van der Waals surface area contributed by atoms with E-state index < -0.39 is 0 Å². The van der Waals surface area contributed by atoms with E-state index in [9.17, 15) is 4.39 Å². The van der Waals surface area contributed by atoms with Gasteiger partial charge in [0.2, 0.25) is 0 Å². The number of aryl methyl sites for hydroxylation is 1. The van der Waals surface area contributed by atoms with Gasteiger partial charge in [-0.2, -0.15) is 0 Å². The maximum absolute atomic E-state index is 13.1. The highest BCUT2D eigenvalue weighted by Gasteiger charge is 2.13. The second kappa shape index (κ2) is 5.67. The Kier molecular flexibility index (Phi) is 4.19. The van der Waals surface area contributed by atoms with E-state index in [1.54, 1.807) is 6.07 Å². The van der Waals surface area contributed by atoms with Gasteiger partial charge in [-0.25, -0.2) is 9.37 Å². The van der Waals surface area contributed by atoms with E-state index in [1.165, 1.54) is 23.5 Å². The van der Waals surface area contributed by atoms with Gasteiger partial charge < -0.3 is 4.74 Å². The van der Waals surface area contributed by atoms with E-state index >= 15 is 0 Å². The van der Waals surface area contributed by atoms with Crippen LogP contribution in [-0.4, -0.2) is 4.98 Å². The number of hydrogen-bond acceptors (Lipinski definition) is 3. The minimum atomic E-state index is -0.302. The normalized spacial score (nSPS) is 12.4. The van der Waals surface area contributed by atoms with Gasteiger partial charge in [-0.3, -0.25) is 0 Å². The number of benzene rings is 1. The Morgan fingerprint density at radius 1 is 1.50 bits per heavy atom. The van der Waals surface area contributed by atoms with Crippen molar-refractivity contribution < 1.29 is 9.13 Å². The van der Waals surface area contributed by atoms with Crippen molar-refractivity contribution in [2.45, 2.75) is 25.8 Å². The zero-order valence-corrected chi connectivity index (χ0v) is 11.7. The SMILES string of the molecule is Cc1ccc(F)cc1OC(C)c1nc(CCl)cs1. The predicted molar refractivity (Wildman–Crippen MR) is 71.9 cm³/mol. The first kappa shape index (κ1) is 13.3. The van der Waals surface area contributed by atoms with Crippen LogP contribution in [0, 0.1) is 12.7 Å². The Morgan fingerprint density at radius 2 is 2.28 bits per heavy atom. The molecule has 1 aromatic carbocycles. The molecule has 0 radical (unpaired) electrons. The van der Waals surface area contributed by atoms with Crippen molar-refractivity contribution in [3.05, 3.63) is 45.7 Å². The van der Waals surface area contributed by atoms with Crippen molar-refractivity contribution in [3.8, 4) is 5.75 Å². The summed E-state index contributed by atoms with van der Waals surface area (Å²) < 4.78 is 18.9. The zero-order valence-electron chi connectivity index (χ0n) is 10.1. The standard InChI is InChI=1S/C13H13ClFNOS/c1-8-3-4-10(15)5-12(8)17-9(2)13-16-11(6-14)7-18-13/h3-5,7,9H,6H2,1-2H3. The summed E-state index contributed by atoms with van der Waals surface area (Å²) >= 11 is 7.20. The van der Waals surface area contributed by atoms with Crippen LogP contribution < -0.4 is 4.74 Å². The molecule has 1 atom stereocenters. The lowest BCUT2D eigenvalue weighted by molar-refractivity contribution is 0.223. The fourth-order valence-electron chi connectivity index (χ4n) is 1.51. The topological polar surface area (TPSA) is 22.1 Å². The molecule has 0 saturated heterocycles. The molecule has 0 aliphatic carbocycles. The number of thiazole rings is 1. The molecular formula is C13H13ClFNOS. The Labute approximate surface area is 114 Å². The van der Waals surface area contributed by atoms with Gasteiger partial charge in [-0.15, -0.1) is 22.9 Å². The Hall–Kier alpha value is -1.13. The first-order chi connectivity index (χ1) is 8.60. The lowest BCUT2D eigenvalue weighted by Gasteiger charge is -2.14. The van der Waals surface area contributed by atoms with E-state index in [0.29, 0.717) is 11.6 Å². The monoisotopic (exact) mass is 285 g/mol. The second-order valence-corrected chi connectivity index (χ2v) is 5.14. The third-order valence-electron chi connectivity index (χ3n) is 2.51. The van der Waals surface area contributed by atoms with Gasteiger partial charge in [0, 0.05) is 11.4 Å². The summed E-state index contributed by atoms with van der Waals surface area (Å²) in [6.07, 6.45) is -0.215. The summed E-state index contributed by atoms with van der Waals surface area (Å²) in [7, 11) is 0. The van der Waals surface area contributed by atoms with Gasteiger partial charge in [0.15, 0.2) is 0 Å². The summed E-state index contributed by atoms with van der Waals surface area (Å²) in [6.45, 7) is 3.77. The van der Waals surface area contributed by atoms with Crippen LogP contribution >= 0.6 is 22.9 Å². The van der Waals surface area contributed by atoms with E-state index in [-0.39, 0.29) is 11.9 Å². The maximum Gasteiger partial charge on any atom is 0.147 e. The number of rotatable bonds is 4. The molecule has 18 heavy (non-hydrogen) atoms. The molecule has 96 valence electrons. The molecule has 2 nitrogen and oxygen atoms in total. The molecule has 0 bridgehead atoms. The third kappa shape index (κ3) is 3.00. The van der Waals surface area contributed by atoms with Gasteiger partial charge >= 0.3 is 0 Å². The first-order valence-corrected chi connectivity index (χ1v) is 6.94. The van der Waals surface area contributed by atoms with Crippen LogP contribution in [0.1, 0.15) is 29.3 Å². The smallest absolute Gasteiger partial charge is 0.147 e. The lowest BCUT2D eigenvalue weighted by Crippen LogP contribution is -2.04. The second-order valence-electron chi connectivity index (χ2n) is 3.98. The number of halogens is 2. The summed E-state index contributed by atoms with van der Waals surface area (Å²) in [4.78, 5) is 4.34. The molecule has 2 rings (SSSR count). The number of ether oxygens (including phenoxy) is 1. The number of aromatic nitrogens is 1. The van der Waals surface area contributed by atoms with Crippen molar-refractivity contribution in [2.75, 3.05) is 0 Å². The average Bonchev–Trinajstić information content (AvgIpc) is 2.82. The highest BCUT2D eigenvalue weighted by atomic mass is 35.5. The molecular weight excluding hydrogens is 273 g/mol. The van der Waals surface area contributed by atoms with Gasteiger partial charge in [0.1, 0.15) is 22.7 Å². The van der Waals surface area contributed by atoms with Crippen molar-refractivity contribution in [1.82, 2.24) is 4.98 Å². The number of alkyl halides is 1. The lowest BCUT2D eigenvalue weighted by atomic mass is 10.2. The van der Waals surface area contributed by atoms with Crippen LogP contribution in [0.4, 0.5) is 4.39 Å². The van der Waals surface area contributed by atoms with Crippen LogP contribution in [0.5, 0.6) is 5.75 Å². The Morgan fingerprint density at radius 3 is 2.94 bits per heavy atom. The van der Waals surface area contributed by atoms with Crippen LogP contribution in [-0.2, 0) is 5.88 Å². The van der Waals surface area contributed by atoms with Crippen LogP contribution in [0.2, 0.25) is 0 Å². The molecule has 0 amide bonds. The molecule has 2 aromatic rings. The van der Waals surface area contributed by atoms with Crippen LogP contribution in [0.15, 0.2) is 23.6 Å². The summed E-state index contributed by atoms with van der Waals surface area (Å²) in [6, 6.07) is 4.51. The van der Waals surface area contributed by atoms with Gasteiger partial charge in [-0.05, 0) is 25.5 Å². The molecule has 0 aliphatic heterocycles. The van der Waals surface area contributed by atoms with Crippen molar-refractivity contribution in [3.63, 3.8) is 0 Å². The Balaban J connectivity index is 2.15. The number of hydrogen-bond donors (Lipinski definition) is 0. The largest absolute Gasteiger partial charge is 0.483 e. The fourth-order valence-corrected chi connectivity index (χ4v) is 2.54. The summed E-state index contributed by atoms with van der Waals surface area (Å²) in [5, 5.41) is 2.75. The minimum Gasteiger partial charge on any atom is -0.483 e. The number of nitrogens with zero attached hydrogens (tertiary/aromatic N) is 1. The van der Waals surface area contributed by atoms with E-state index in [2.05, 4.69) is 4.98 Å².